The van der Waals surface area contributed by atoms with Crippen molar-refractivity contribution >= 4 is 23.5 Å². The summed E-state index contributed by atoms with van der Waals surface area (Å²) < 4.78 is 15.8. The van der Waals surface area contributed by atoms with Gasteiger partial charge in [-0.15, -0.1) is 0 Å². The molecular formula is C15H16ClNO6. The summed E-state index contributed by atoms with van der Waals surface area (Å²) in [5.41, 5.74) is 0.339. The highest BCUT2D eigenvalue weighted by Gasteiger charge is 2.37. The summed E-state index contributed by atoms with van der Waals surface area (Å²) in [7, 11) is 1.55. The van der Waals surface area contributed by atoms with E-state index in [-0.39, 0.29) is 25.2 Å². The van der Waals surface area contributed by atoms with Gasteiger partial charge in [0.1, 0.15) is 0 Å². The molecule has 1 N–H and O–H groups in total. The van der Waals surface area contributed by atoms with Gasteiger partial charge in [-0.25, -0.2) is 0 Å². The molecule has 1 fully saturated rings. The van der Waals surface area contributed by atoms with Crippen LogP contribution in [0.5, 0.6) is 11.5 Å². The van der Waals surface area contributed by atoms with Crippen LogP contribution in [0.3, 0.4) is 0 Å². The summed E-state index contributed by atoms with van der Waals surface area (Å²) in [6.07, 6.45) is 0.198. The smallest absolute Gasteiger partial charge is 0.305 e. The number of halogens is 1. The number of methoxy groups -OCH3 is 1. The number of carboxylic acids is 1. The van der Waals surface area contributed by atoms with Gasteiger partial charge in [0.25, 0.3) is 5.91 Å². The second-order valence-electron chi connectivity index (χ2n) is 5.49. The van der Waals surface area contributed by atoms with Crippen molar-refractivity contribution in [2.45, 2.75) is 25.0 Å². The fourth-order valence-corrected chi connectivity index (χ4v) is 3.21. The summed E-state index contributed by atoms with van der Waals surface area (Å²) in [5.74, 6) is -0.413. The predicted molar refractivity (Wildman–Crippen MR) is 80.1 cm³/mol. The largest absolute Gasteiger partial charge is 0.481 e. The lowest BCUT2D eigenvalue weighted by molar-refractivity contribution is -0.137. The molecule has 1 saturated heterocycles. The van der Waals surface area contributed by atoms with Gasteiger partial charge in [0, 0.05) is 25.3 Å². The number of nitrogens with zero attached hydrogens (tertiary/aromatic N) is 1. The zero-order valence-corrected chi connectivity index (χ0v) is 13.2. The van der Waals surface area contributed by atoms with Crippen molar-refractivity contribution in [2.75, 3.05) is 20.4 Å². The average Bonchev–Trinajstić information content (AvgIpc) is 3.12. The van der Waals surface area contributed by atoms with Crippen molar-refractivity contribution in [1.82, 2.24) is 4.90 Å². The van der Waals surface area contributed by atoms with Crippen LogP contribution in [0, 0.1) is 0 Å². The predicted octanol–water partition coefficient (Wildman–Crippen LogP) is 1.77. The number of benzene rings is 1. The van der Waals surface area contributed by atoms with Crippen LogP contribution in [0.2, 0.25) is 5.02 Å². The van der Waals surface area contributed by atoms with Gasteiger partial charge in [0.2, 0.25) is 6.79 Å². The Bertz CT molecular complexity index is 649. The zero-order chi connectivity index (χ0) is 16.6. The number of carboxylic acid groups (broad SMARTS) is 1. The highest BCUT2D eigenvalue weighted by atomic mass is 35.5. The van der Waals surface area contributed by atoms with Crippen molar-refractivity contribution in [2.24, 2.45) is 0 Å². The van der Waals surface area contributed by atoms with E-state index in [9.17, 15) is 9.59 Å². The SMILES string of the molecule is COC1CC(CC(=O)O)N(C(=O)c2cc(Cl)c3c(c2)OCO3)C1. The van der Waals surface area contributed by atoms with Gasteiger partial charge in [-0.3, -0.25) is 9.59 Å². The van der Waals surface area contributed by atoms with Crippen molar-refractivity contribution < 1.29 is 28.9 Å². The monoisotopic (exact) mass is 341 g/mol. The maximum Gasteiger partial charge on any atom is 0.305 e. The van der Waals surface area contributed by atoms with Gasteiger partial charge in [-0.05, 0) is 18.6 Å². The first-order valence-electron chi connectivity index (χ1n) is 7.14. The minimum atomic E-state index is -0.951. The molecule has 2 heterocycles. The molecule has 1 amide bonds. The molecule has 124 valence electrons. The van der Waals surface area contributed by atoms with Crippen molar-refractivity contribution in [3.05, 3.63) is 22.7 Å². The van der Waals surface area contributed by atoms with Crippen molar-refractivity contribution in [3.8, 4) is 11.5 Å². The molecule has 0 aliphatic carbocycles. The number of fused-ring (bicyclic) bond motifs is 1. The maximum atomic E-state index is 12.8. The van der Waals surface area contributed by atoms with Gasteiger partial charge in [-0.1, -0.05) is 11.6 Å². The lowest BCUT2D eigenvalue weighted by atomic mass is 10.1. The van der Waals surface area contributed by atoms with E-state index in [2.05, 4.69) is 0 Å². The van der Waals surface area contributed by atoms with E-state index in [1.807, 2.05) is 0 Å². The molecule has 2 aliphatic rings. The lowest BCUT2D eigenvalue weighted by Gasteiger charge is -2.23. The number of hydrogen-bond donors (Lipinski definition) is 1. The molecule has 3 rings (SSSR count). The van der Waals surface area contributed by atoms with Crippen molar-refractivity contribution in [1.29, 1.82) is 0 Å². The Morgan fingerprint density at radius 3 is 2.91 bits per heavy atom. The molecule has 2 aliphatic heterocycles. The minimum absolute atomic E-state index is 0.0593. The van der Waals surface area contributed by atoms with Crippen LogP contribution >= 0.6 is 11.6 Å². The highest BCUT2D eigenvalue weighted by molar-refractivity contribution is 6.32. The number of likely N-dealkylation sites (tertiary alicyclic amines) is 1. The van der Waals surface area contributed by atoms with E-state index >= 15 is 0 Å². The van der Waals surface area contributed by atoms with Crippen LogP contribution < -0.4 is 9.47 Å². The molecule has 0 bridgehead atoms. The molecular weight excluding hydrogens is 326 g/mol. The molecule has 0 saturated carbocycles. The molecule has 1 aromatic carbocycles. The van der Waals surface area contributed by atoms with Gasteiger partial charge in [0.05, 0.1) is 17.5 Å². The molecule has 2 atom stereocenters. The van der Waals surface area contributed by atoms with E-state index in [4.69, 9.17) is 30.9 Å². The number of amides is 1. The van der Waals surface area contributed by atoms with Crippen LogP contribution in [0.1, 0.15) is 23.2 Å². The summed E-state index contributed by atoms with van der Waals surface area (Å²) in [6, 6.07) is 2.67. The first-order chi connectivity index (χ1) is 11.0. The molecule has 0 radical (unpaired) electrons. The van der Waals surface area contributed by atoms with Gasteiger partial charge in [-0.2, -0.15) is 0 Å². The summed E-state index contributed by atoms with van der Waals surface area (Å²) in [4.78, 5) is 25.3. The first kappa shape index (κ1) is 15.9. The van der Waals surface area contributed by atoms with E-state index < -0.39 is 12.0 Å². The summed E-state index contributed by atoms with van der Waals surface area (Å²) >= 11 is 6.11. The number of hydrogen-bond acceptors (Lipinski definition) is 5. The number of carbonyl (C=O) groups excluding carboxylic acids is 1. The Morgan fingerprint density at radius 1 is 1.43 bits per heavy atom. The second-order valence-corrected chi connectivity index (χ2v) is 5.90. The molecule has 8 heteroatoms. The maximum absolute atomic E-state index is 12.8. The van der Waals surface area contributed by atoms with Gasteiger partial charge in [0.15, 0.2) is 11.5 Å². The Morgan fingerprint density at radius 2 is 2.22 bits per heavy atom. The van der Waals surface area contributed by atoms with E-state index in [0.29, 0.717) is 35.1 Å². The first-order valence-corrected chi connectivity index (χ1v) is 7.52. The molecule has 0 aromatic heterocycles. The quantitative estimate of drug-likeness (QED) is 0.898. The molecule has 7 nitrogen and oxygen atoms in total. The normalized spacial score (nSPS) is 22.4. The second kappa shape index (κ2) is 6.25. The number of carbonyl (C=O) groups is 2. The van der Waals surface area contributed by atoms with Gasteiger partial charge >= 0.3 is 5.97 Å². The van der Waals surface area contributed by atoms with E-state index in [1.165, 1.54) is 11.0 Å². The van der Waals surface area contributed by atoms with Gasteiger partial charge < -0.3 is 24.2 Å². The number of rotatable bonds is 4. The number of ether oxygens (including phenoxy) is 3. The highest BCUT2D eigenvalue weighted by Crippen LogP contribution is 2.40. The van der Waals surface area contributed by atoms with E-state index in [1.54, 1.807) is 13.2 Å². The minimum Gasteiger partial charge on any atom is -0.481 e. The third-order valence-corrected chi connectivity index (χ3v) is 4.34. The zero-order valence-electron chi connectivity index (χ0n) is 12.5. The number of aliphatic carboxylic acids is 1. The Hall–Kier alpha value is -1.99. The van der Waals surface area contributed by atoms with Crippen LogP contribution in [-0.2, 0) is 9.53 Å². The standard InChI is InChI=1S/C15H16ClNO6/c1-21-10-4-9(5-13(18)19)17(6-10)15(20)8-2-11(16)14-12(3-8)22-7-23-14/h2-3,9-10H,4-7H2,1H3,(H,18,19). The average molecular weight is 342 g/mol. The lowest BCUT2D eigenvalue weighted by Crippen LogP contribution is -2.37. The van der Waals surface area contributed by atoms with Crippen LogP contribution in [0.25, 0.3) is 0 Å². The molecule has 0 spiro atoms. The van der Waals surface area contributed by atoms with Crippen LogP contribution in [0.15, 0.2) is 12.1 Å². The summed E-state index contributed by atoms with van der Waals surface area (Å²) in [5, 5.41) is 9.33. The Labute approximate surface area is 137 Å². The van der Waals surface area contributed by atoms with Crippen LogP contribution in [0.4, 0.5) is 0 Å². The van der Waals surface area contributed by atoms with E-state index in [0.717, 1.165) is 0 Å². The fourth-order valence-electron chi connectivity index (χ4n) is 2.94. The Kier molecular flexibility index (Phi) is 4.32. The third kappa shape index (κ3) is 3.07. The molecule has 1 aromatic rings. The molecule has 23 heavy (non-hydrogen) atoms. The van der Waals surface area contributed by atoms with Crippen LogP contribution in [-0.4, -0.2) is 54.5 Å². The van der Waals surface area contributed by atoms with Crippen molar-refractivity contribution in [3.63, 3.8) is 0 Å². The topological polar surface area (TPSA) is 85.3 Å². The summed E-state index contributed by atoms with van der Waals surface area (Å²) in [6.45, 7) is 0.406. The molecule has 2 unspecified atom stereocenters. The third-order valence-electron chi connectivity index (χ3n) is 4.05. The Balaban J connectivity index is 1.86. The fraction of sp³-hybridized carbons (Fsp3) is 0.467.